The Morgan fingerprint density at radius 1 is 1.47 bits per heavy atom. The molecule has 0 aromatic heterocycles. The zero-order chi connectivity index (χ0) is 11.6. The number of carbonyl (C=O) groups is 1. The Bertz CT molecular complexity index is 318. The van der Waals surface area contributed by atoms with Gasteiger partial charge in [0.05, 0.1) is 0 Å². The molecule has 0 spiro atoms. The van der Waals surface area contributed by atoms with Crippen molar-refractivity contribution in [3.63, 3.8) is 0 Å². The van der Waals surface area contributed by atoms with Crippen LogP contribution in [0.4, 0.5) is 0 Å². The normalized spacial score (nSPS) is 25.3. The lowest BCUT2D eigenvalue weighted by atomic mass is 9.76. The fourth-order valence-corrected chi connectivity index (χ4v) is 2.41. The van der Waals surface area contributed by atoms with Crippen molar-refractivity contribution in [1.82, 2.24) is 0 Å². The van der Waals surface area contributed by atoms with E-state index in [1.165, 1.54) is 17.6 Å². The molecule has 0 radical (unpaired) electrons. The van der Waals surface area contributed by atoms with Gasteiger partial charge < -0.3 is 0 Å². The molecule has 0 heterocycles. The van der Waals surface area contributed by atoms with Crippen LogP contribution in [0, 0.1) is 11.3 Å². The number of hydrogen-bond donors (Lipinski definition) is 0. The van der Waals surface area contributed by atoms with Crippen molar-refractivity contribution in [1.29, 1.82) is 0 Å². The predicted octanol–water partition coefficient (Wildman–Crippen LogP) is 3.90. The first-order valence-corrected chi connectivity index (χ1v) is 5.69. The first-order valence-electron chi connectivity index (χ1n) is 5.69. The van der Waals surface area contributed by atoms with Crippen molar-refractivity contribution in [3.8, 4) is 0 Å². The highest BCUT2D eigenvalue weighted by Crippen LogP contribution is 2.48. The third-order valence-corrected chi connectivity index (χ3v) is 3.95. The second-order valence-electron chi connectivity index (χ2n) is 5.28. The second kappa shape index (κ2) is 4.34. The molecule has 1 aliphatic rings. The van der Waals surface area contributed by atoms with Gasteiger partial charge in [-0.25, -0.2) is 0 Å². The molecule has 0 saturated carbocycles. The highest BCUT2D eigenvalue weighted by molar-refractivity contribution is 5.87. The van der Waals surface area contributed by atoms with Crippen LogP contribution in [-0.4, -0.2) is 5.78 Å². The second-order valence-corrected chi connectivity index (χ2v) is 5.28. The van der Waals surface area contributed by atoms with Gasteiger partial charge in [0, 0.05) is 0 Å². The van der Waals surface area contributed by atoms with Crippen molar-refractivity contribution in [2.45, 2.75) is 47.5 Å². The van der Waals surface area contributed by atoms with E-state index >= 15 is 0 Å². The first kappa shape index (κ1) is 12.2. The fourth-order valence-electron chi connectivity index (χ4n) is 2.41. The minimum atomic E-state index is 0.146. The molecule has 1 unspecified atom stereocenters. The summed E-state index contributed by atoms with van der Waals surface area (Å²) in [6, 6.07) is 0. The maximum Gasteiger partial charge on any atom is 0.152 e. The van der Waals surface area contributed by atoms with E-state index in [0.717, 1.165) is 6.42 Å². The van der Waals surface area contributed by atoms with Gasteiger partial charge in [0.25, 0.3) is 0 Å². The molecular formula is C14H22O. The number of rotatable bonds is 3. The minimum Gasteiger partial charge on any atom is -0.295 e. The predicted molar refractivity (Wildman–Crippen MR) is 64.7 cm³/mol. The number of hydrogen-bond acceptors (Lipinski definition) is 1. The van der Waals surface area contributed by atoms with Gasteiger partial charge in [-0.1, -0.05) is 31.1 Å². The molecule has 1 heteroatoms. The van der Waals surface area contributed by atoms with Crippen LogP contribution < -0.4 is 0 Å². The molecule has 0 fully saturated rings. The molecule has 0 saturated heterocycles. The lowest BCUT2D eigenvalue weighted by Gasteiger charge is -2.28. The minimum absolute atomic E-state index is 0.146. The number of ketones is 1. The van der Waals surface area contributed by atoms with Gasteiger partial charge in [0.15, 0.2) is 5.78 Å². The Hall–Kier alpha value is -0.850. The lowest BCUT2D eigenvalue weighted by molar-refractivity contribution is -0.112. The van der Waals surface area contributed by atoms with Crippen LogP contribution in [0.15, 0.2) is 23.3 Å². The van der Waals surface area contributed by atoms with E-state index in [1.807, 2.05) is 6.08 Å². The molecule has 0 aromatic rings. The van der Waals surface area contributed by atoms with Gasteiger partial charge in [0.1, 0.15) is 0 Å². The molecule has 15 heavy (non-hydrogen) atoms. The summed E-state index contributed by atoms with van der Waals surface area (Å²) in [5, 5.41) is 0. The highest BCUT2D eigenvalue weighted by Gasteiger charge is 2.36. The van der Waals surface area contributed by atoms with Crippen LogP contribution in [0.3, 0.4) is 0 Å². The van der Waals surface area contributed by atoms with E-state index in [0.29, 0.717) is 11.3 Å². The monoisotopic (exact) mass is 206 g/mol. The van der Waals surface area contributed by atoms with Crippen LogP contribution in [0.5, 0.6) is 0 Å². The summed E-state index contributed by atoms with van der Waals surface area (Å²) in [7, 11) is 0. The van der Waals surface area contributed by atoms with Gasteiger partial charge in [-0.3, -0.25) is 4.79 Å². The largest absolute Gasteiger partial charge is 0.295 e. The summed E-state index contributed by atoms with van der Waals surface area (Å²) in [5.74, 6) is 0.806. The number of allylic oxidation sites excluding steroid dienone is 4. The van der Waals surface area contributed by atoms with E-state index in [2.05, 4.69) is 27.7 Å². The molecule has 0 N–H and O–H groups in total. The average Bonchev–Trinajstić information content (AvgIpc) is 2.30. The molecule has 0 aliphatic heterocycles. The van der Waals surface area contributed by atoms with Crippen molar-refractivity contribution < 1.29 is 4.79 Å². The molecule has 0 aromatic carbocycles. The molecule has 0 bridgehead atoms. The molecule has 84 valence electrons. The van der Waals surface area contributed by atoms with Crippen molar-refractivity contribution >= 4 is 5.78 Å². The van der Waals surface area contributed by atoms with Crippen LogP contribution in [-0.2, 0) is 4.79 Å². The van der Waals surface area contributed by atoms with E-state index in [4.69, 9.17) is 0 Å². The average molecular weight is 206 g/mol. The quantitative estimate of drug-likeness (QED) is 0.505. The Balaban J connectivity index is 2.65. The van der Waals surface area contributed by atoms with Crippen LogP contribution >= 0.6 is 0 Å². The summed E-state index contributed by atoms with van der Waals surface area (Å²) in [4.78, 5) is 10.8. The van der Waals surface area contributed by atoms with Gasteiger partial charge in [-0.2, -0.15) is 0 Å². The summed E-state index contributed by atoms with van der Waals surface area (Å²) < 4.78 is 0. The third kappa shape index (κ3) is 2.58. The van der Waals surface area contributed by atoms with Crippen molar-refractivity contribution in [2.24, 2.45) is 11.3 Å². The molecule has 0 amide bonds. The summed E-state index contributed by atoms with van der Waals surface area (Å²) >= 11 is 0. The topological polar surface area (TPSA) is 17.1 Å². The van der Waals surface area contributed by atoms with Gasteiger partial charge in [-0.15, -0.1) is 0 Å². The van der Waals surface area contributed by atoms with E-state index < -0.39 is 0 Å². The smallest absolute Gasteiger partial charge is 0.152 e. The van der Waals surface area contributed by atoms with Crippen molar-refractivity contribution in [2.75, 3.05) is 0 Å². The Morgan fingerprint density at radius 3 is 2.47 bits per heavy atom. The van der Waals surface area contributed by atoms with E-state index in [-0.39, 0.29) is 5.78 Å². The first-order chi connectivity index (χ1) is 6.85. The van der Waals surface area contributed by atoms with Crippen LogP contribution in [0.1, 0.15) is 47.5 Å². The highest BCUT2D eigenvalue weighted by atomic mass is 16.1. The van der Waals surface area contributed by atoms with Gasteiger partial charge in [-0.05, 0) is 51.0 Å². The Labute approximate surface area is 93.3 Å². The van der Waals surface area contributed by atoms with Crippen LogP contribution in [0.25, 0.3) is 0 Å². The SMILES string of the molecule is CC(=O)/C=C/CC1CC(C)=C(C)C1(C)C. The maximum absolute atomic E-state index is 10.8. The summed E-state index contributed by atoms with van der Waals surface area (Å²) in [6.45, 7) is 10.7. The van der Waals surface area contributed by atoms with Crippen molar-refractivity contribution in [3.05, 3.63) is 23.3 Å². The molecule has 1 aliphatic carbocycles. The molecule has 1 nitrogen and oxygen atoms in total. The van der Waals surface area contributed by atoms with Gasteiger partial charge >= 0.3 is 0 Å². The third-order valence-electron chi connectivity index (χ3n) is 3.95. The summed E-state index contributed by atoms with van der Waals surface area (Å²) in [6.07, 6.45) is 5.92. The zero-order valence-corrected chi connectivity index (χ0v) is 10.6. The fraction of sp³-hybridized carbons (Fsp3) is 0.643. The van der Waals surface area contributed by atoms with E-state index in [1.54, 1.807) is 13.0 Å². The zero-order valence-electron chi connectivity index (χ0n) is 10.6. The van der Waals surface area contributed by atoms with Gasteiger partial charge in [0.2, 0.25) is 0 Å². The Kier molecular flexibility index (Phi) is 3.54. The molecule has 1 rings (SSSR count). The van der Waals surface area contributed by atoms with Crippen LogP contribution in [0.2, 0.25) is 0 Å². The molecular weight excluding hydrogens is 184 g/mol. The lowest BCUT2D eigenvalue weighted by Crippen LogP contribution is -2.19. The molecule has 1 atom stereocenters. The van der Waals surface area contributed by atoms with E-state index in [9.17, 15) is 4.79 Å². The summed E-state index contributed by atoms with van der Waals surface area (Å²) in [5.41, 5.74) is 3.36. The Morgan fingerprint density at radius 2 is 2.07 bits per heavy atom. The number of carbonyl (C=O) groups excluding carboxylic acids is 1. The standard InChI is InChI=1S/C14H22O/c1-10-9-13(8-6-7-11(2)15)14(4,5)12(10)3/h6-7,13H,8-9H2,1-5H3/b7-6+. The maximum atomic E-state index is 10.8.